The zero-order valence-corrected chi connectivity index (χ0v) is 10.3. The number of aromatic nitrogens is 2. The van der Waals surface area contributed by atoms with E-state index in [4.69, 9.17) is 5.73 Å². The topological polar surface area (TPSA) is 64.2 Å². The van der Waals surface area contributed by atoms with E-state index in [1.54, 1.807) is 4.68 Å². The molecule has 1 aromatic heterocycles. The molecule has 0 radical (unpaired) electrons. The summed E-state index contributed by atoms with van der Waals surface area (Å²) in [5, 5.41) is 4.17. The largest absolute Gasteiger partial charge is 0.329 e. The zero-order chi connectivity index (χ0) is 11.5. The van der Waals surface area contributed by atoms with E-state index in [1.807, 2.05) is 19.4 Å². The quantitative estimate of drug-likeness (QED) is 0.775. The number of hydrogen-bond donors (Lipinski definition) is 1. The second-order valence-corrected chi connectivity index (χ2v) is 5.78. The molecule has 0 spiro atoms. The number of nitrogens with zero attached hydrogens (tertiary/aromatic N) is 3. The maximum absolute atomic E-state index is 11.3. The van der Waals surface area contributed by atoms with Gasteiger partial charge in [-0.15, -0.1) is 0 Å². The summed E-state index contributed by atoms with van der Waals surface area (Å²) in [6.07, 6.45) is 3.87. The lowest BCUT2D eigenvalue weighted by atomic mass is 10.1. The zero-order valence-electron chi connectivity index (χ0n) is 9.50. The van der Waals surface area contributed by atoms with E-state index in [0.29, 0.717) is 6.54 Å². The van der Waals surface area contributed by atoms with E-state index >= 15 is 0 Å². The van der Waals surface area contributed by atoms with Crippen molar-refractivity contribution >= 4 is 10.8 Å². The number of rotatable bonds is 3. The van der Waals surface area contributed by atoms with Gasteiger partial charge in [-0.2, -0.15) is 5.10 Å². The molecule has 1 fully saturated rings. The van der Waals surface area contributed by atoms with E-state index in [1.165, 1.54) is 0 Å². The molecule has 0 aromatic carbocycles. The Bertz CT molecular complexity index is 369. The van der Waals surface area contributed by atoms with Crippen molar-refractivity contribution in [3.63, 3.8) is 0 Å². The molecule has 1 aromatic rings. The van der Waals surface area contributed by atoms with Crippen molar-refractivity contribution in [1.82, 2.24) is 14.7 Å². The Morgan fingerprint density at radius 3 is 2.75 bits per heavy atom. The second kappa shape index (κ2) is 5.07. The molecule has 5 nitrogen and oxygen atoms in total. The molecule has 1 atom stereocenters. The Morgan fingerprint density at radius 2 is 2.25 bits per heavy atom. The fraction of sp³-hybridized carbons (Fsp3) is 0.700. The van der Waals surface area contributed by atoms with Gasteiger partial charge in [0.05, 0.1) is 12.2 Å². The van der Waals surface area contributed by atoms with Crippen molar-refractivity contribution < 1.29 is 4.21 Å². The van der Waals surface area contributed by atoms with E-state index in [0.717, 1.165) is 30.2 Å². The molecule has 6 heteroatoms. The Hall–Kier alpha value is -0.720. The molecular weight excluding hydrogens is 224 g/mol. The summed E-state index contributed by atoms with van der Waals surface area (Å²) >= 11 is 0. The highest BCUT2D eigenvalue weighted by atomic mass is 32.2. The van der Waals surface area contributed by atoms with Crippen LogP contribution in [0.4, 0.5) is 0 Å². The summed E-state index contributed by atoms with van der Waals surface area (Å²) in [6.45, 7) is 2.31. The van der Waals surface area contributed by atoms with Crippen LogP contribution in [-0.4, -0.2) is 50.0 Å². The monoisotopic (exact) mass is 242 g/mol. The van der Waals surface area contributed by atoms with Gasteiger partial charge in [-0.05, 0) is 0 Å². The standard InChI is InChI=1S/C10H18N4OS/c1-13-8-9(7-12-13)10(6-11)14-2-4-16(15)5-3-14/h7-8,10H,2-6,11H2,1H3. The molecule has 16 heavy (non-hydrogen) atoms. The normalized spacial score (nSPS) is 21.1. The van der Waals surface area contributed by atoms with Crippen LogP contribution in [0, 0.1) is 0 Å². The van der Waals surface area contributed by atoms with Gasteiger partial charge in [0, 0.05) is 60.7 Å². The van der Waals surface area contributed by atoms with E-state index in [2.05, 4.69) is 10.00 Å². The molecule has 0 aliphatic carbocycles. The summed E-state index contributed by atoms with van der Waals surface area (Å²) in [7, 11) is 1.27. The molecule has 2 N–H and O–H groups in total. The van der Waals surface area contributed by atoms with Crippen LogP contribution in [0.25, 0.3) is 0 Å². The molecule has 2 rings (SSSR count). The van der Waals surface area contributed by atoms with Crippen LogP contribution in [-0.2, 0) is 17.8 Å². The number of hydrogen-bond acceptors (Lipinski definition) is 4. The van der Waals surface area contributed by atoms with Crippen LogP contribution in [0.2, 0.25) is 0 Å². The molecule has 1 aliphatic heterocycles. The van der Waals surface area contributed by atoms with Crippen molar-refractivity contribution in [2.45, 2.75) is 6.04 Å². The average molecular weight is 242 g/mol. The fourth-order valence-electron chi connectivity index (χ4n) is 2.07. The van der Waals surface area contributed by atoms with Crippen molar-refractivity contribution in [1.29, 1.82) is 0 Å². The Kier molecular flexibility index (Phi) is 3.73. The van der Waals surface area contributed by atoms with Gasteiger partial charge in [-0.1, -0.05) is 0 Å². The van der Waals surface area contributed by atoms with Crippen LogP contribution >= 0.6 is 0 Å². The highest BCUT2D eigenvalue weighted by Crippen LogP contribution is 2.20. The maximum Gasteiger partial charge on any atom is 0.0538 e. The van der Waals surface area contributed by atoms with Crippen molar-refractivity contribution in [2.24, 2.45) is 12.8 Å². The van der Waals surface area contributed by atoms with Crippen molar-refractivity contribution in [3.8, 4) is 0 Å². The maximum atomic E-state index is 11.3. The smallest absolute Gasteiger partial charge is 0.0538 e. The highest BCUT2D eigenvalue weighted by molar-refractivity contribution is 7.85. The number of aryl methyl sites for hydroxylation is 1. The molecule has 0 amide bonds. The minimum Gasteiger partial charge on any atom is -0.329 e. The lowest BCUT2D eigenvalue weighted by molar-refractivity contribution is 0.221. The Labute approximate surface area is 98.1 Å². The molecule has 1 saturated heterocycles. The van der Waals surface area contributed by atoms with Gasteiger partial charge in [0.2, 0.25) is 0 Å². The summed E-state index contributed by atoms with van der Waals surface area (Å²) in [4.78, 5) is 2.30. The minimum absolute atomic E-state index is 0.214. The molecule has 2 heterocycles. The first-order chi connectivity index (χ1) is 7.70. The third kappa shape index (κ3) is 2.50. The van der Waals surface area contributed by atoms with Gasteiger partial charge in [-0.3, -0.25) is 13.8 Å². The van der Waals surface area contributed by atoms with Crippen LogP contribution in [0.3, 0.4) is 0 Å². The molecule has 0 saturated carbocycles. The van der Waals surface area contributed by atoms with Crippen LogP contribution in [0.15, 0.2) is 12.4 Å². The molecule has 1 unspecified atom stereocenters. The Morgan fingerprint density at radius 1 is 1.56 bits per heavy atom. The van der Waals surface area contributed by atoms with Gasteiger partial charge in [0.1, 0.15) is 0 Å². The van der Waals surface area contributed by atoms with Crippen molar-refractivity contribution in [2.75, 3.05) is 31.1 Å². The summed E-state index contributed by atoms with van der Waals surface area (Å²) in [5.74, 6) is 1.52. The van der Waals surface area contributed by atoms with Gasteiger partial charge in [0.15, 0.2) is 0 Å². The molecule has 0 bridgehead atoms. The van der Waals surface area contributed by atoms with Crippen LogP contribution in [0.1, 0.15) is 11.6 Å². The van der Waals surface area contributed by atoms with Crippen LogP contribution < -0.4 is 5.73 Å². The summed E-state index contributed by atoms with van der Waals surface area (Å²) in [6, 6.07) is 0.214. The SMILES string of the molecule is Cn1cc(C(CN)N2CCS(=O)CC2)cn1. The lowest BCUT2D eigenvalue weighted by Crippen LogP contribution is -2.42. The third-order valence-electron chi connectivity index (χ3n) is 2.99. The van der Waals surface area contributed by atoms with Crippen LogP contribution in [0.5, 0.6) is 0 Å². The predicted molar refractivity (Wildman–Crippen MR) is 64.5 cm³/mol. The lowest BCUT2D eigenvalue weighted by Gasteiger charge is -2.32. The second-order valence-electron chi connectivity index (χ2n) is 4.08. The summed E-state index contributed by atoms with van der Waals surface area (Å²) < 4.78 is 13.1. The van der Waals surface area contributed by atoms with E-state index < -0.39 is 10.8 Å². The Balaban J connectivity index is 2.07. The highest BCUT2D eigenvalue weighted by Gasteiger charge is 2.24. The van der Waals surface area contributed by atoms with E-state index in [-0.39, 0.29) is 6.04 Å². The van der Waals surface area contributed by atoms with E-state index in [9.17, 15) is 4.21 Å². The van der Waals surface area contributed by atoms with Gasteiger partial charge >= 0.3 is 0 Å². The predicted octanol–water partition coefficient (Wildman–Crippen LogP) is -0.516. The average Bonchev–Trinajstić information content (AvgIpc) is 2.69. The summed E-state index contributed by atoms with van der Waals surface area (Å²) in [5.41, 5.74) is 6.98. The minimum atomic E-state index is -0.634. The first-order valence-corrected chi connectivity index (χ1v) is 6.97. The fourth-order valence-corrected chi connectivity index (χ4v) is 3.15. The van der Waals surface area contributed by atoms with Gasteiger partial charge in [0.25, 0.3) is 0 Å². The van der Waals surface area contributed by atoms with Crippen molar-refractivity contribution in [3.05, 3.63) is 18.0 Å². The first-order valence-electron chi connectivity index (χ1n) is 5.48. The molecular formula is C10H18N4OS. The first kappa shape index (κ1) is 11.8. The van der Waals surface area contributed by atoms with Gasteiger partial charge < -0.3 is 5.73 Å². The molecule has 1 aliphatic rings. The number of nitrogens with two attached hydrogens (primary N) is 1. The third-order valence-corrected chi connectivity index (χ3v) is 4.26. The van der Waals surface area contributed by atoms with Gasteiger partial charge in [-0.25, -0.2) is 0 Å². The molecule has 90 valence electrons.